The average molecular weight is 422 g/mol. The van der Waals surface area contributed by atoms with Crippen LogP contribution in [-0.2, 0) is 0 Å². The number of hydrogen-bond acceptors (Lipinski definition) is 4. The van der Waals surface area contributed by atoms with Crippen LogP contribution in [0.2, 0.25) is 0 Å². The summed E-state index contributed by atoms with van der Waals surface area (Å²) in [4.78, 5) is 22.2. The van der Waals surface area contributed by atoms with Crippen LogP contribution in [0.15, 0.2) is 66.9 Å². The molecule has 6 heteroatoms. The zero-order valence-electron chi connectivity index (χ0n) is 17.4. The Balaban J connectivity index is 1.40. The summed E-state index contributed by atoms with van der Waals surface area (Å²) in [5, 5.41) is 18.3. The number of nitrogens with zero attached hydrogens (tertiary/aromatic N) is 2. The van der Waals surface area contributed by atoms with E-state index in [0.29, 0.717) is 11.6 Å². The lowest BCUT2D eigenvalue weighted by molar-refractivity contribution is 0.0918. The van der Waals surface area contributed by atoms with Crippen LogP contribution in [0, 0.1) is 0 Å². The molecular formula is C26H22N4O2. The van der Waals surface area contributed by atoms with Gasteiger partial charge in [-0.3, -0.25) is 14.9 Å². The summed E-state index contributed by atoms with van der Waals surface area (Å²) in [6.45, 7) is -0.253. The first-order valence-corrected chi connectivity index (χ1v) is 10.9. The summed E-state index contributed by atoms with van der Waals surface area (Å²) in [6.07, 6.45) is 4.29. The molecule has 0 amide bonds. The van der Waals surface area contributed by atoms with E-state index in [-0.39, 0.29) is 12.4 Å². The smallest absolute Gasteiger partial charge is 0.190 e. The summed E-state index contributed by atoms with van der Waals surface area (Å²) >= 11 is 0. The van der Waals surface area contributed by atoms with Crippen molar-refractivity contribution in [3.63, 3.8) is 0 Å². The number of rotatable bonds is 6. The molecule has 2 aromatic carbocycles. The number of benzene rings is 2. The highest BCUT2D eigenvalue weighted by atomic mass is 16.3. The number of aromatic amines is 2. The van der Waals surface area contributed by atoms with Crippen LogP contribution in [0.5, 0.6) is 0 Å². The van der Waals surface area contributed by atoms with Gasteiger partial charge in [0.05, 0.1) is 29.3 Å². The van der Waals surface area contributed by atoms with Crippen molar-refractivity contribution in [2.45, 2.75) is 24.7 Å². The minimum absolute atomic E-state index is 0.173. The lowest BCUT2D eigenvalue weighted by Gasteiger charge is -2.11. The van der Waals surface area contributed by atoms with Crippen LogP contribution in [-0.4, -0.2) is 37.7 Å². The van der Waals surface area contributed by atoms with Crippen LogP contribution in [0.1, 0.15) is 46.4 Å². The number of hydrogen-bond donors (Lipinski definition) is 3. The molecule has 158 valence electrons. The molecule has 1 fully saturated rings. The normalized spacial score (nSPS) is 14.8. The third kappa shape index (κ3) is 3.20. The largest absolute Gasteiger partial charge is 0.395 e. The van der Waals surface area contributed by atoms with Crippen LogP contribution >= 0.6 is 0 Å². The SMILES string of the molecule is O=C(c1cc2cc3c(-c4ccnc(C5CC5)c4)[nH][nH]c3cc2n1)[C@H](CO)c1ccccc1. The number of fused-ring (bicyclic) bond motifs is 2. The Bertz CT molecular complexity index is 1450. The minimum Gasteiger partial charge on any atom is -0.395 e. The Morgan fingerprint density at radius 1 is 1.06 bits per heavy atom. The lowest BCUT2D eigenvalue weighted by Crippen LogP contribution is -2.17. The highest BCUT2D eigenvalue weighted by molar-refractivity contribution is 6.07. The standard InChI is InChI=1S/C26H22N4O2/c31-14-20(15-4-2-1-3-5-15)26(32)24-12-18-10-19-23(13-22(18)28-24)29-30-25(19)17-8-9-27-21(11-17)16-6-7-16/h1-5,8-13,16,20,29-31H,6-7,14H2/t20-/m1/s1. The first-order chi connectivity index (χ1) is 15.7. The molecule has 0 saturated heterocycles. The Morgan fingerprint density at radius 2 is 1.91 bits per heavy atom. The minimum atomic E-state index is -0.619. The fraction of sp³-hybridized carbons (Fsp3) is 0.192. The number of H-pyrrole nitrogens is 2. The van der Waals surface area contributed by atoms with Crippen molar-refractivity contribution in [2.24, 2.45) is 0 Å². The number of aliphatic hydroxyl groups is 1. The molecule has 6 rings (SSSR count). The Morgan fingerprint density at radius 3 is 2.69 bits per heavy atom. The summed E-state index contributed by atoms with van der Waals surface area (Å²) in [5.74, 6) is -0.204. The van der Waals surface area contributed by atoms with Crippen LogP contribution < -0.4 is 0 Å². The van der Waals surface area contributed by atoms with Gasteiger partial charge in [0.15, 0.2) is 5.78 Å². The van der Waals surface area contributed by atoms with E-state index in [9.17, 15) is 9.90 Å². The molecule has 3 N–H and O–H groups in total. The van der Waals surface area contributed by atoms with E-state index >= 15 is 0 Å². The van der Waals surface area contributed by atoms with Gasteiger partial charge in [-0.05, 0) is 48.7 Å². The Labute approximate surface area is 184 Å². The lowest BCUT2D eigenvalue weighted by atomic mass is 9.94. The molecule has 0 unspecified atom stereocenters. The van der Waals surface area contributed by atoms with Gasteiger partial charge in [-0.1, -0.05) is 30.3 Å². The third-order valence-corrected chi connectivity index (χ3v) is 6.31. The number of nitrogens with one attached hydrogen (secondary N) is 2. The van der Waals surface area contributed by atoms with Gasteiger partial charge in [0, 0.05) is 34.1 Å². The molecule has 0 spiro atoms. The maximum atomic E-state index is 13.1. The second-order valence-corrected chi connectivity index (χ2v) is 8.48. The molecule has 5 aromatic rings. The predicted octanol–water partition coefficient (Wildman–Crippen LogP) is 4.94. The van der Waals surface area contributed by atoms with E-state index in [0.717, 1.165) is 44.3 Å². The molecule has 0 aliphatic heterocycles. The molecule has 6 nitrogen and oxygen atoms in total. The highest BCUT2D eigenvalue weighted by Crippen LogP contribution is 2.40. The second-order valence-electron chi connectivity index (χ2n) is 8.48. The van der Waals surface area contributed by atoms with Gasteiger partial charge in [0.2, 0.25) is 0 Å². The predicted molar refractivity (Wildman–Crippen MR) is 124 cm³/mol. The molecular weight excluding hydrogens is 400 g/mol. The first-order valence-electron chi connectivity index (χ1n) is 10.9. The summed E-state index contributed by atoms with van der Waals surface area (Å²) < 4.78 is 0. The second kappa shape index (κ2) is 7.43. The molecule has 32 heavy (non-hydrogen) atoms. The summed E-state index contributed by atoms with van der Waals surface area (Å²) in [5.41, 5.74) is 6.08. The number of Topliss-reactive ketones (excluding diaryl/α,β-unsaturated/α-hetero) is 1. The Hall–Kier alpha value is -3.77. The molecule has 3 heterocycles. The van der Waals surface area contributed by atoms with Gasteiger partial charge in [-0.2, -0.15) is 0 Å². The van der Waals surface area contributed by atoms with Crippen molar-refractivity contribution in [1.82, 2.24) is 20.2 Å². The number of carbonyl (C=O) groups excluding carboxylic acids is 1. The zero-order valence-corrected chi connectivity index (χ0v) is 17.4. The van der Waals surface area contributed by atoms with Gasteiger partial charge in [0.1, 0.15) is 5.69 Å². The van der Waals surface area contributed by atoms with Crippen molar-refractivity contribution in [3.8, 4) is 11.3 Å². The first kappa shape index (κ1) is 19.0. The fourth-order valence-electron chi connectivity index (χ4n) is 4.40. The van der Waals surface area contributed by atoms with E-state index in [1.807, 2.05) is 54.7 Å². The molecule has 1 atom stereocenters. The van der Waals surface area contributed by atoms with E-state index in [1.54, 1.807) is 0 Å². The molecule has 1 aliphatic rings. The van der Waals surface area contributed by atoms with Crippen LogP contribution in [0.25, 0.3) is 33.1 Å². The fourth-order valence-corrected chi connectivity index (χ4v) is 4.40. The number of carbonyl (C=O) groups is 1. The van der Waals surface area contributed by atoms with E-state index in [4.69, 9.17) is 0 Å². The van der Waals surface area contributed by atoms with E-state index < -0.39 is 5.92 Å². The van der Waals surface area contributed by atoms with Crippen LogP contribution in [0.4, 0.5) is 0 Å². The molecule has 3 aromatic heterocycles. The molecule has 1 aliphatic carbocycles. The third-order valence-electron chi connectivity index (χ3n) is 6.31. The summed E-state index contributed by atoms with van der Waals surface area (Å²) in [7, 11) is 0. The van der Waals surface area contributed by atoms with E-state index in [2.05, 4.69) is 32.3 Å². The summed E-state index contributed by atoms with van der Waals surface area (Å²) in [6, 6.07) is 19.4. The van der Waals surface area contributed by atoms with Crippen LogP contribution in [0.3, 0.4) is 0 Å². The number of ketones is 1. The van der Waals surface area contributed by atoms with Gasteiger partial charge < -0.3 is 10.2 Å². The number of aromatic nitrogens is 4. The van der Waals surface area contributed by atoms with Gasteiger partial charge in [-0.25, -0.2) is 4.98 Å². The Kier molecular flexibility index (Phi) is 4.40. The highest BCUT2D eigenvalue weighted by Gasteiger charge is 2.26. The maximum Gasteiger partial charge on any atom is 0.190 e. The van der Waals surface area contributed by atoms with Crippen molar-refractivity contribution >= 4 is 27.6 Å². The number of aliphatic hydroxyl groups excluding tert-OH is 1. The quantitative estimate of drug-likeness (QED) is 0.338. The van der Waals surface area contributed by atoms with Crippen molar-refractivity contribution in [3.05, 3.63) is 83.8 Å². The van der Waals surface area contributed by atoms with E-state index in [1.165, 1.54) is 12.8 Å². The topological polar surface area (TPSA) is 94.7 Å². The zero-order chi connectivity index (χ0) is 21.7. The van der Waals surface area contributed by atoms with Gasteiger partial charge in [0.25, 0.3) is 0 Å². The molecule has 0 bridgehead atoms. The van der Waals surface area contributed by atoms with Gasteiger partial charge in [-0.15, -0.1) is 0 Å². The maximum absolute atomic E-state index is 13.1. The van der Waals surface area contributed by atoms with Crippen molar-refractivity contribution in [2.75, 3.05) is 6.61 Å². The number of pyridine rings is 1. The van der Waals surface area contributed by atoms with Crippen molar-refractivity contribution < 1.29 is 9.90 Å². The average Bonchev–Trinajstić information content (AvgIpc) is 3.48. The van der Waals surface area contributed by atoms with Gasteiger partial charge >= 0.3 is 0 Å². The molecule has 1 saturated carbocycles. The monoisotopic (exact) mass is 422 g/mol. The molecule has 0 radical (unpaired) electrons. The van der Waals surface area contributed by atoms with Crippen molar-refractivity contribution in [1.29, 1.82) is 0 Å².